The SMILES string of the molecule is CCCNC(=O)N1CCN(CCCc2cccc(OC)c2)CC1. The molecule has 0 aliphatic carbocycles. The van der Waals surface area contributed by atoms with Crippen LogP contribution < -0.4 is 10.1 Å². The van der Waals surface area contributed by atoms with Gasteiger partial charge in [-0.1, -0.05) is 19.1 Å². The predicted octanol–water partition coefficient (Wildman–Crippen LogP) is 2.37. The van der Waals surface area contributed by atoms with Gasteiger partial charge in [0.1, 0.15) is 5.75 Å². The van der Waals surface area contributed by atoms with E-state index in [9.17, 15) is 4.79 Å². The van der Waals surface area contributed by atoms with E-state index in [1.54, 1.807) is 7.11 Å². The Morgan fingerprint density at radius 3 is 2.74 bits per heavy atom. The van der Waals surface area contributed by atoms with Gasteiger partial charge in [0, 0.05) is 32.7 Å². The van der Waals surface area contributed by atoms with Crippen molar-refractivity contribution in [2.45, 2.75) is 26.2 Å². The minimum Gasteiger partial charge on any atom is -0.497 e. The molecule has 1 aromatic carbocycles. The first-order chi connectivity index (χ1) is 11.2. The smallest absolute Gasteiger partial charge is 0.317 e. The molecule has 1 heterocycles. The van der Waals surface area contributed by atoms with Crippen LogP contribution in [-0.4, -0.2) is 62.2 Å². The highest BCUT2D eigenvalue weighted by molar-refractivity contribution is 5.74. The lowest BCUT2D eigenvalue weighted by Crippen LogP contribution is -2.52. The summed E-state index contributed by atoms with van der Waals surface area (Å²) in [4.78, 5) is 16.3. The fraction of sp³-hybridized carbons (Fsp3) is 0.611. The van der Waals surface area contributed by atoms with Gasteiger partial charge in [0.2, 0.25) is 0 Å². The maximum atomic E-state index is 11.9. The average molecular weight is 319 g/mol. The molecule has 2 rings (SSSR count). The summed E-state index contributed by atoms with van der Waals surface area (Å²) in [6.45, 7) is 7.51. The summed E-state index contributed by atoms with van der Waals surface area (Å²) < 4.78 is 5.26. The van der Waals surface area contributed by atoms with E-state index in [4.69, 9.17) is 4.74 Å². The van der Waals surface area contributed by atoms with E-state index in [2.05, 4.69) is 29.3 Å². The molecule has 1 aromatic rings. The number of hydrogen-bond acceptors (Lipinski definition) is 3. The van der Waals surface area contributed by atoms with Crippen molar-refractivity contribution >= 4 is 6.03 Å². The van der Waals surface area contributed by atoms with Gasteiger partial charge in [-0.2, -0.15) is 0 Å². The van der Waals surface area contributed by atoms with E-state index in [1.165, 1.54) is 5.56 Å². The summed E-state index contributed by atoms with van der Waals surface area (Å²) in [5.41, 5.74) is 1.32. The molecule has 128 valence electrons. The highest BCUT2D eigenvalue weighted by Crippen LogP contribution is 2.14. The van der Waals surface area contributed by atoms with Gasteiger partial charge in [-0.25, -0.2) is 4.79 Å². The van der Waals surface area contributed by atoms with Crippen molar-refractivity contribution < 1.29 is 9.53 Å². The Morgan fingerprint density at radius 1 is 1.26 bits per heavy atom. The average Bonchev–Trinajstić information content (AvgIpc) is 2.60. The van der Waals surface area contributed by atoms with Crippen molar-refractivity contribution in [3.05, 3.63) is 29.8 Å². The van der Waals surface area contributed by atoms with Crippen LogP contribution in [0.2, 0.25) is 0 Å². The molecule has 0 unspecified atom stereocenters. The highest BCUT2D eigenvalue weighted by atomic mass is 16.5. The quantitative estimate of drug-likeness (QED) is 0.839. The Labute approximate surface area is 139 Å². The van der Waals surface area contributed by atoms with E-state index in [0.29, 0.717) is 0 Å². The normalized spacial score (nSPS) is 15.5. The first-order valence-corrected chi connectivity index (χ1v) is 8.61. The number of nitrogens with zero attached hydrogens (tertiary/aromatic N) is 2. The molecule has 1 fully saturated rings. The standard InChI is InChI=1S/C18H29N3O2/c1-3-9-19-18(22)21-13-11-20(12-14-21)10-5-7-16-6-4-8-17(15-16)23-2/h4,6,8,15H,3,5,7,9-14H2,1-2H3,(H,19,22). The molecular weight excluding hydrogens is 290 g/mol. The van der Waals surface area contributed by atoms with Gasteiger partial charge < -0.3 is 15.0 Å². The first-order valence-electron chi connectivity index (χ1n) is 8.61. The monoisotopic (exact) mass is 319 g/mol. The van der Waals surface area contributed by atoms with Crippen molar-refractivity contribution in [3.8, 4) is 5.75 Å². The lowest BCUT2D eigenvalue weighted by Gasteiger charge is -2.34. The number of aryl methyl sites for hydroxylation is 1. The number of ether oxygens (including phenoxy) is 1. The fourth-order valence-corrected chi connectivity index (χ4v) is 2.85. The Balaban J connectivity index is 1.65. The largest absolute Gasteiger partial charge is 0.497 e. The third-order valence-electron chi connectivity index (χ3n) is 4.26. The second-order valence-electron chi connectivity index (χ2n) is 6.02. The Morgan fingerprint density at radius 2 is 2.04 bits per heavy atom. The molecule has 5 heteroatoms. The van der Waals surface area contributed by atoms with Crippen LogP contribution in [0.5, 0.6) is 5.75 Å². The Hall–Kier alpha value is -1.75. The molecule has 1 aliphatic rings. The number of rotatable bonds is 7. The van der Waals surface area contributed by atoms with Crippen LogP contribution in [0, 0.1) is 0 Å². The number of nitrogens with one attached hydrogen (secondary N) is 1. The van der Waals surface area contributed by atoms with E-state index in [-0.39, 0.29) is 6.03 Å². The molecule has 0 atom stereocenters. The number of hydrogen-bond donors (Lipinski definition) is 1. The molecule has 1 aliphatic heterocycles. The topological polar surface area (TPSA) is 44.8 Å². The van der Waals surface area contributed by atoms with E-state index >= 15 is 0 Å². The van der Waals surface area contributed by atoms with Crippen LogP contribution in [0.1, 0.15) is 25.3 Å². The summed E-state index contributed by atoms with van der Waals surface area (Å²) in [5, 5.41) is 2.95. The minimum atomic E-state index is 0.0860. The molecule has 0 radical (unpaired) electrons. The predicted molar refractivity (Wildman–Crippen MR) is 93.0 cm³/mol. The van der Waals surface area contributed by atoms with Crippen molar-refractivity contribution in [1.29, 1.82) is 0 Å². The summed E-state index contributed by atoms with van der Waals surface area (Å²) in [6.07, 6.45) is 3.18. The minimum absolute atomic E-state index is 0.0860. The van der Waals surface area contributed by atoms with Crippen LogP contribution in [0.15, 0.2) is 24.3 Å². The number of urea groups is 1. The van der Waals surface area contributed by atoms with Crippen LogP contribution >= 0.6 is 0 Å². The van der Waals surface area contributed by atoms with Gasteiger partial charge >= 0.3 is 6.03 Å². The zero-order chi connectivity index (χ0) is 16.5. The van der Waals surface area contributed by atoms with Crippen LogP contribution in [-0.2, 0) is 6.42 Å². The van der Waals surface area contributed by atoms with Crippen molar-refractivity contribution in [2.75, 3.05) is 46.4 Å². The molecule has 0 bridgehead atoms. The molecule has 1 N–H and O–H groups in total. The molecule has 0 spiro atoms. The Kier molecular flexibility index (Phi) is 7.20. The van der Waals surface area contributed by atoms with Gasteiger partial charge in [0.15, 0.2) is 0 Å². The van der Waals surface area contributed by atoms with Gasteiger partial charge in [0.25, 0.3) is 0 Å². The van der Waals surface area contributed by atoms with Crippen molar-refractivity contribution in [3.63, 3.8) is 0 Å². The Bertz CT molecular complexity index is 485. The second-order valence-corrected chi connectivity index (χ2v) is 6.02. The third-order valence-corrected chi connectivity index (χ3v) is 4.26. The summed E-state index contributed by atoms with van der Waals surface area (Å²) in [5.74, 6) is 0.925. The lowest BCUT2D eigenvalue weighted by molar-refractivity contribution is 0.138. The number of carbonyl (C=O) groups is 1. The number of amides is 2. The van der Waals surface area contributed by atoms with Gasteiger partial charge in [-0.3, -0.25) is 4.90 Å². The first kappa shape index (κ1) is 17.6. The number of piperazine rings is 1. The van der Waals surface area contributed by atoms with Crippen LogP contribution in [0.3, 0.4) is 0 Å². The third kappa shape index (κ3) is 5.75. The lowest BCUT2D eigenvalue weighted by atomic mass is 10.1. The maximum absolute atomic E-state index is 11.9. The molecule has 5 nitrogen and oxygen atoms in total. The molecule has 0 saturated carbocycles. The van der Waals surface area contributed by atoms with Crippen LogP contribution in [0.25, 0.3) is 0 Å². The number of benzene rings is 1. The zero-order valence-corrected chi connectivity index (χ0v) is 14.4. The van der Waals surface area contributed by atoms with Gasteiger partial charge in [0.05, 0.1) is 7.11 Å². The van der Waals surface area contributed by atoms with Gasteiger partial charge in [-0.15, -0.1) is 0 Å². The van der Waals surface area contributed by atoms with Gasteiger partial charge in [-0.05, 0) is 43.5 Å². The number of methoxy groups -OCH3 is 1. The summed E-state index contributed by atoms with van der Waals surface area (Å²) in [6, 6.07) is 8.37. The molecular formula is C18H29N3O2. The second kappa shape index (κ2) is 9.40. The highest BCUT2D eigenvalue weighted by Gasteiger charge is 2.20. The number of carbonyl (C=O) groups excluding carboxylic acids is 1. The van der Waals surface area contributed by atoms with E-state index < -0.39 is 0 Å². The van der Waals surface area contributed by atoms with E-state index in [0.717, 1.165) is 64.3 Å². The molecule has 0 aromatic heterocycles. The summed E-state index contributed by atoms with van der Waals surface area (Å²) >= 11 is 0. The fourth-order valence-electron chi connectivity index (χ4n) is 2.85. The van der Waals surface area contributed by atoms with Crippen LogP contribution in [0.4, 0.5) is 4.79 Å². The molecule has 23 heavy (non-hydrogen) atoms. The zero-order valence-electron chi connectivity index (χ0n) is 14.4. The van der Waals surface area contributed by atoms with Crippen molar-refractivity contribution in [1.82, 2.24) is 15.1 Å². The van der Waals surface area contributed by atoms with Crippen molar-refractivity contribution in [2.24, 2.45) is 0 Å². The summed E-state index contributed by atoms with van der Waals surface area (Å²) in [7, 11) is 1.70. The molecule has 2 amide bonds. The maximum Gasteiger partial charge on any atom is 0.317 e. The molecule has 1 saturated heterocycles. The van der Waals surface area contributed by atoms with E-state index in [1.807, 2.05) is 17.0 Å².